The molecule has 3 nitrogen and oxygen atoms in total. The van der Waals surface area contributed by atoms with Gasteiger partial charge >= 0.3 is 5.97 Å². The van der Waals surface area contributed by atoms with Gasteiger partial charge in [-0.05, 0) is 48.6 Å². The van der Waals surface area contributed by atoms with Crippen LogP contribution in [0.15, 0.2) is 48.5 Å². The van der Waals surface area contributed by atoms with Crippen molar-refractivity contribution in [2.45, 2.75) is 19.3 Å². The Kier molecular flexibility index (Phi) is 4.77. The topological polar surface area (TPSA) is 46.5 Å². The average molecular weight is 270 g/mol. The van der Waals surface area contributed by atoms with E-state index in [0.717, 1.165) is 30.6 Å². The third-order valence-corrected chi connectivity index (χ3v) is 3.32. The van der Waals surface area contributed by atoms with Crippen LogP contribution in [0.25, 0.3) is 0 Å². The van der Waals surface area contributed by atoms with Gasteiger partial charge in [0.25, 0.3) is 0 Å². The van der Waals surface area contributed by atoms with Gasteiger partial charge in [-0.1, -0.05) is 30.3 Å². The van der Waals surface area contributed by atoms with Crippen molar-refractivity contribution in [1.82, 2.24) is 0 Å². The molecule has 0 unspecified atom stereocenters. The van der Waals surface area contributed by atoms with Gasteiger partial charge in [-0.3, -0.25) is 0 Å². The summed E-state index contributed by atoms with van der Waals surface area (Å²) in [5, 5.41) is 9.13. The van der Waals surface area contributed by atoms with E-state index in [0.29, 0.717) is 5.56 Å². The second kappa shape index (κ2) is 6.75. The lowest BCUT2D eigenvalue weighted by molar-refractivity contribution is 0.0695. The van der Waals surface area contributed by atoms with E-state index < -0.39 is 5.97 Å². The van der Waals surface area contributed by atoms with Crippen LogP contribution in [0.5, 0.6) is 5.75 Å². The van der Waals surface area contributed by atoms with Gasteiger partial charge in [0, 0.05) is 0 Å². The van der Waals surface area contributed by atoms with Gasteiger partial charge in [0.1, 0.15) is 5.75 Å². The molecular weight excluding hydrogens is 252 g/mol. The fourth-order valence-electron chi connectivity index (χ4n) is 2.22. The average Bonchev–Trinajstić information content (AvgIpc) is 2.48. The third-order valence-electron chi connectivity index (χ3n) is 3.32. The van der Waals surface area contributed by atoms with Gasteiger partial charge in [0.2, 0.25) is 0 Å². The van der Waals surface area contributed by atoms with Gasteiger partial charge in [-0.25, -0.2) is 4.79 Å². The number of carboxylic acids is 1. The van der Waals surface area contributed by atoms with Gasteiger partial charge < -0.3 is 9.84 Å². The Hall–Kier alpha value is -2.29. The highest BCUT2D eigenvalue weighted by molar-refractivity contribution is 5.89. The van der Waals surface area contributed by atoms with Crippen LogP contribution in [0.3, 0.4) is 0 Å². The van der Waals surface area contributed by atoms with Crippen LogP contribution in [0.1, 0.15) is 27.9 Å². The molecule has 0 aromatic heterocycles. The third kappa shape index (κ3) is 3.60. The molecule has 0 aliphatic carbocycles. The Morgan fingerprint density at radius 3 is 2.40 bits per heavy atom. The van der Waals surface area contributed by atoms with E-state index >= 15 is 0 Å². The number of methoxy groups -OCH3 is 1. The molecule has 0 heterocycles. The van der Waals surface area contributed by atoms with E-state index in [2.05, 4.69) is 0 Å². The highest BCUT2D eigenvalue weighted by Gasteiger charge is 2.08. The molecule has 2 rings (SSSR count). The second-order valence-electron chi connectivity index (χ2n) is 4.66. The minimum Gasteiger partial charge on any atom is -0.497 e. The second-order valence-corrected chi connectivity index (χ2v) is 4.66. The maximum atomic E-state index is 11.1. The molecule has 3 heteroatoms. The first kappa shape index (κ1) is 14.1. The lowest BCUT2D eigenvalue weighted by atomic mass is 10.00. The Morgan fingerprint density at radius 2 is 1.75 bits per heavy atom. The van der Waals surface area contributed by atoms with Crippen molar-refractivity contribution in [3.8, 4) is 5.75 Å². The van der Waals surface area contributed by atoms with Crippen LogP contribution in [-0.2, 0) is 12.8 Å². The van der Waals surface area contributed by atoms with Crippen LogP contribution < -0.4 is 4.74 Å². The van der Waals surface area contributed by atoms with E-state index in [1.807, 2.05) is 36.4 Å². The summed E-state index contributed by atoms with van der Waals surface area (Å²) < 4.78 is 5.12. The molecule has 0 atom stereocenters. The minimum absolute atomic E-state index is 0.405. The Balaban J connectivity index is 1.94. The molecule has 0 amide bonds. The van der Waals surface area contributed by atoms with Crippen molar-refractivity contribution in [3.63, 3.8) is 0 Å². The molecule has 0 radical (unpaired) electrons. The summed E-state index contributed by atoms with van der Waals surface area (Å²) in [5.74, 6) is -0.00461. The number of ether oxygens (including phenoxy) is 1. The first-order chi connectivity index (χ1) is 9.70. The maximum Gasteiger partial charge on any atom is 0.335 e. The first-order valence-electron chi connectivity index (χ1n) is 6.65. The molecule has 0 spiro atoms. The zero-order valence-electron chi connectivity index (χ0n) is 11.5. The van der Waals surface area contributed by atoms with Crippen molar-refractivity contribution in [2.24, 2.45) is 0 Å². The van der Waals surface area contributed by atoms with Gasteiger partial charge in [-0.15, -0.1) is 0 Å². The van der Waals surface area contributed by atoms with E-state index in [9.17, 15) is 4.79 Å². The SMILES string of the molecule is COc1ccc(CCCc2ccccc2C(=O)O)cc1. The van der Waals surface area contributed by atoms with Gasteiger partial charge in [0.15, 0.2) is 0 Å². The molecule has 0 aliphatic rings. The highest BCUT2D eigenvalue weighted by Crippen LogP contribution is 2.15. The highest BCUT2D eigenvalue weighted by atomic mass is 16.5. The van der Waals surface area contributed by atoms with Crippen LogP contribution in [0, 0.1) is 0 Å². The number of aryl methyl sites for hydroxylation is 2. The number of aromatic carboxylic acids is 1. The van der Waals surface area contributed by atoms with Crippen molar-refractivity contribution in [2.75, 3.05) is 7.11 Å². The van der Waals surface area contributed by atoms with E-state index in [4.69, 9.17) is 9.84 Å². The number of rotatable bonds is 6. The number of hydrogen-bond donors (Lipinski definition) is 1. The molecule has 1 N–H and O–H groups in total. The minimum atomic E-state index is -0.856. The zero-order valence-corrected chi connectivity index (χ0v) is 11.5. The summed E-state index contributed by atoms with van der Waals surface area (Å²) in [5.41, 5.74) is 2.54. The largest absolute Gasteiger partial charge is 0.497 e. The summed E-state index contributed by atoms with van der Waals surface area (Å²) in [6.45, 7) is 0. The molecule has 20 heavy (non-hydrogen) atoms. The van der Waals surface area contributed by atoms with Gasteiger partial charge in [-0.2, -0.15) is 0 Å². The van der Waals surface area contributed by atoms with Crippen LogP contribution in [0.2, 0.25) is 0 Å². The van der Waals surface area contributed by atoms with Crippen molar-refractivity contribution >= 4 is 5.97 Å². The summed E-state index contributed by atoms with van der Waals surface area (Å²) in [4.78, 5) is 11.1. The van der Waals surface area contributed by atoms with E-state index in [1.165, 1.54) is 5.56 Å². The Labute approximate surface area is 118 Å². The first-order valence-corrected chi connectivity index (χ1v) is 6.65. The summed E-state index contributed by atoms with van der Waals surface area (Å²) >= 11 is 0. The molecule has 0 saturated heterocycles. The number of benzene rings is 2. The zero-order chi connectivity index (χ0) is 14.4. The molecule has 0 saturated carbocycles. The summed E-state index contributed by atoms with van der Waals surface area (Å²) in [6.07, 6.45) is 2.63. The lowest BCUT2D eigenvalue weighted by Gasteiger charge is -2.06. The van der Waals surface area contributed by atoms with Crippen LogP contribution in [-0.4, -0.2) is 18.2 Å². The van der Waals surface area contributed by atoms with Crippen LogP contribution in [0.4, 0.5) is 0 Å². The predicted molar refractivity (Wildman–Crippen MR) is 78.4 cm³/mol. The molecular formula is C17H18O3. The number of carbonyl (C=O) groups is 1. The predicted octanol–water partition coefficient (Wildman–Crippen LogP) is 3.57. The Bertz CT molecular complexity index is 573. The molecule has 2 aromatic rings. The van der Waals surface area contributed by atoms with E-state index in [1.54, 1.807) is 19.2 Å². The van der Waals surface area contributed by atoms with Crippen molar-refractivity contribution in [1.29, 1.82) is 0 Å². The molecule has 104 valence electrons. The summed E-state index contributed by atoms with van der Waals surface area (Å²) in [6, 6.07) is 15.2. The molecule has 0 aliphatic heterocycles. The fourth-order valence-corrected chi connectivity index (χ4v) is 2.22. The summed E-state index contributed by atoms with van der Waals surface area (Å²) in [7, 11) is 1.65. The number of carboxylic acid groups (broad SMARTS) is 1. The maximum absolute atomic E-state index is 11.1. The normalized spacial score (nSPS) is 10.2. The fraction of sp³-hybridized carbons (Fsp3) is 0.235. The van der Waals surface area contributed by atoms with Crippen LogP contribution >= 0.6 is 0 Å². The molecule has 2 aromatic carbocycles. The molecule has 0 bridgehead atoms. The Morgan fingerprint density at radius 1 is 1.05 bits per heavy atom. The lowest BCUT2D eigenvalue weighted by Crippen LogP contribution is -2.02. The van der Waals surface area contributed by atoms with Gasteiger partial charge in [0.05, 0.1) is 12.7 Å². The van der Waals surface area contributed by atoms with E-state index in [-0.39, 0.29) is 0 Å². The quantitative estimate of drug-likeness (QED) is 0.872. The standard InChI is InChI=1S/C17H18O3/c1-20-15-11-9-13(10-12-15)5-4-7-14-6-2-3-8-16(14)17(18)19/h2-3,6,8-12H,4-5,7H2,1H3,(H,18,19). The van der Waals surface area contributed by atoms with Crippen molar-refractivity contribution in [3.05, 3.63) is 65.2 Å². The number of hydrogen-bond acceptors (Lipinski definition) is 2. The molecule has 0 fully saturated rings. The monoisotopic (exact) mass is 270 g/mol. The smallest absolute Gasteiger partial charge is 0.335 e. The van der Waals surface area contributed by atoms with Crippen molar-refractivity contribution < 1.29 is 14.6 Å².